The van der Waals surface area contributed by atoms with E-state index in [-0.39, 0.29) is 31.1 Å². The molecule has 0 saturated carbocycles. The third kappa shape index (κ3) is 5.83. The number of benzene rings is 2. The van der Waals surface area contributed by atoms with Crippen molar-refractivity contribution in [2.75, 3.05) is 26.1 Å². The topological polar surface area (TPSA) is 124 Å². The highest BCUT2D eigenvalue weighted by molar-refractivity contribution is 8.00. The Kier molecular flexibility index (Phi) is 8.79. The van der Waals surface area contributed by atoms with E-state index in [1.165, 1.54) is 37.0 Å². The normalized spacial score (nSPS) is 19.6. The van der Waals surface area contributed by atoms with Crippen LogP contribution < -0.4 is 5.32 Å². The van der Waals surface area contributed by atoms with Crippen molar-refractivity contribution in [3.05, 3.63) is 107 Å². The van der Waals surface area contributed by atoms with Crippen LogP contribution >= 0.6 is 11.8 Å². The van der Waals surface area contributed by atoms with Crippen LogP contribution in [0.2, 0.25) is 0 Å². The Bertz CT molecular complexity index is 1440. The molecule has 5 rings (SSSR count). The number of ether oxygens (including phenoxy) is 3. The van der Waals surface area contributed by atoms with Gasteiger partial charge in [0.05, 0.1) is 19.3 Å². The van der Waals surface area contributed by atoms with Crippen molar-refractivity contribution in [2.45, 2.75) is 30.4 Å². The molecule has 1 aromatic heterocycles. The van der Waals surface area contributed by atoms with Crippen LogP contribution in [0.4, 0.5) is 0 Å². The van der Waals surface area contributed by atoms with Gasteiger partial charge in [0.25, 0.3) is 5.91 Å². The molecule has 0 spiro atoms. The standard InChI is InChI=1S/C31H30N2O8S/c1-20(34)40-17-23-18-42-30-31(19-38-2,32-25(35)16-24-14-9-15-39-24)29(37)33(30)26(23)28(36)41-27(21-10-5-3-6-11-21)22-12-7-4-8-13-22/h3-15,27,30H,16-19H2,1-2H3,(H,32,35)/t30-,31-/m1/s1. The van der Waals surface area contributed by atoms with Crippen molar-refractivity contribution in [3.63, 3.8) is 0 Å². The first-order valence-corrected chi connectivity index (χ1v) is 14.3. The van der Waals surface area contributed by atoms with E-state index in [1.807, 2.05) is 60.7 Å². The van der Waals surface area contributed by atoms with E-state index >= 15 is 0 Å². The molecular formula is C31H30N2O8S. The fourth-order valence-electron chi connectivity index (χ4n) is 5.10. The predicted octanol–water partition coefficient (Wildman–Crippen LogP) is 3.39. The Labute approximate surface area is 247 Å². The number of rotatable bonds is 11. The van der Waals surface area contributed by atoms with E-state index in [9.17, 15) is 19.2 Å². The molecule has 0 aliphatic carbocycles. The minimum absolute atomic E-state index is 0.00567. The third-order valence-corrected chi connectivity index (χ3v) is 8.41. The predicted molar refractivity (Wildman–Crippen MR) is 153 cm³/mol. The summed E-state index contributed by atoms with van der Waals surface area (Å²) < 4.78 is 22.0. The van der Waals surface area contributed by atoms with Crippen LogP contribution in [0.3, 0.4) is 0 Å². The SMILES string of the molecule is COC[C@@]1(NC(=O)Cc2ccco2)C(=O)N2C(C(=O)OC(c3ccccc3)c3ccccc3)=C(COC(C)=O)CS[C@@H]21. The zero-order chi connectivity index (χ0) is 29.7. The number of hydrogen-bond acceptors (Lipinski definition) is 9. The maximum atomic E-state index is 14.0. The second-order valence-electron chi connectivity index (χ2n) is 9.89. The molecule has 1 fully saturated rings. The molecule has 2 aliphatic rings. The van der Waals surface area contributed by atoms with Crippen molar-refractivity contribution in [1.82, 2.24) is 10.2 Å². The van der Waals surface area contributed by atoms with E-state index < -0.39 is 40.8 Å². The van der Waals surface area contributed by atoms with E-state index in [2.05, 4.69) is 5.32 Å². The van der Waals surface area contributed by atoms with Crippen LogP contribution in [0.5, 0.6) is 0 Å². The minimum atomic E-state index is -1.42. The molecule has 2 amide bonds. The van der Waals surface area contributed by atoms with Gasteiger partial charge in [0.2, 0.25) is 5.91 Å². The number of amides is 2. The van der Waals surface area contributed by atoms with Crippen molar-refractivity contribution in [3.8, 4) is 0 Å². The number of β-lactam (4-membered cyclic amide) rings is 1. The number of nitrogens with zero attached hydrogens (tertiary/aromatic N) is 1. The van der Waals surface area contributed by atoms with Gasteiger partial charge in [0, 0.05) is 25.4 Å². The highest BCUT2D eigenvalue weighted by Crippen LogP contribution is 2.47. The summed E-state index contributed by atoms with van der Waals surface area (Å²) in [7, 11) is 1.44. The quantitative estimate of drug-likeness (QED) is 0.264. The summed E-state index contributed by atoms with van der Waals surface area (Å²) in [4.78, 5) is 53.8. The lowest BCUT2D eigenvalue weighted by Crippen LogP contribution is -2.81. The minimum Gasteiger partial charge on any atom is -0.469 e. The molecule has 2 aromatic carbocycles. The Morgan fingerprint density at radius 3 is 2.29 bits per heavy atom. The molecule has 1 N–H and O–H groups in total. The molecule has 11 heteroatoms. The first-order valence-electron chi connectivity index (χ1n) is 13.3. The fourth-order valence-corrected chi connectivity index (χ4v) is 6.54. The second-order valence-corrected chi connectivity index (χ2v) is 11.0. The number of carbonyl (C=O) groups is 4. The van der Waals surface area contributed by atoms with Gasteiger partial charge >= 0.3 is 11.9 Å². The molecule has 3 heterocycles. The van der Waals surface area contributed by atoms with Crippen LogP contribution in [-0.4, -0.2) is 65.6 Å². The summed E-state index contributed by atoms with van der Waals surface area (Å²) in [5, 5.41) is 2.17. The monoisotopic (exact) mass is 590 g/mol. The van der Waals surface area contributed by atoms with Gasteiger partial charge in [-0.25, -0.2) is 4.79 Å². The van der Waals surface area contributed by atoms with Gasteiger partial charge in [-0.3, -0.25) is 19.3 Å². The number of fused-ring (bicyclic) bond motifs is 1. The van der Waals surface area contributed by atoms with Crippen molar-refractivity contribution < 1.29 is 37.8 Å². The lowest BCUT2D eigenvalue weighted by molar-refractivity contribution is -0.165. The Hall–Kier alpha value is -4.35. The molecule has 42 heavy (non-hydrogen) atoms. The van der Waals surface area contributed by atoms with Crippen molar-refractivity contribution in [1.29, 1.82) is 0 Å². The Morgan fingerprint density at radius 2 is 1.71 bits per heavy atom. The van der Waals surface area contributed by atoms with E-state index in [0.717, 1.165) is 11.1 Å². The van der Waals surface area contributed by atoms with Crippen LogP contribution in [0.1, 0.15) is 29.9 Å². The first-order chi connectivity index (χ1) is 20.3. The summed E-state index contributed by atoms with van der Waals surface area (Å²) in [5.74, 6) is -1.53. The number of nitrogens with one attached hydrogen (secondary N) is 1. The molecule has 2 atom stereocenters. The second kappa shape index (κ2) is 12.7. The lowest BCUT2D eigenvalue weighted by Gasteiger charge is -2.57. The largest absolute Gasteiger partial charge is 0.469 e. The molecular weight excluding hydrogens is 560 g/mol. The highest BCUT2D eigenvalue weighted by Gasteiger charge is 2.65. The number of esters is 2. The summed E-state index contributed by atoms with van der Waals surface area (Å²) >= 11 is 1.34. The maximum Gasteiger partial charge on any atom is 0.356 e. The number of thioether (sulfide) groups is 1. The summed E-state index contributed by atoms with van der Waals surface area (Å²) in [6.45, 7) is 0.972. The number of hydrogen-bond donors (Lipinski definition) is 1. The zero-order valence-corrected chi connectivity index (χ0v) is 23.9. The van der Waals surface area contributed by atoms with Crippen molar-refractivity contribution >= 4 is 35.5 Å². The summed E-state index contributed by atoms with van der Waals surface area (Å²) in [6.07, 6.45) is 0.636. The van der Waals surface area contributed by atoms with Gasteiger partial charge in [0.1, 0.15) is 23.4 Å². The zero-order valence-electron chi connectivity index (χ0n) is 23.1. The van der Waals surface area contributed by atoms with Gasteiger partial charge in [-0.1, -0.05) is 60.7 Å². The highest BCUT2D eigenvalue weighted by atomic mass is 32.2. The molecule has 0 unspecified atom stereocenters. The number of methoxy groups -OCH3 is 1. The van der Waals surface area contributed by atoms with E-state index in [4.69, 9.17) is 18.6 Å². The van der Waals surface area contributed by atoms with E-state index in [0.29, 0.717) is 11.3 Å². The van der Waals surface area contributed by atoms with Gasteiger partial charge < -0.3 is 23.9 Å². The lowest BCUT2D eigenvalue weighted by atomic mass is 9.86. The maximum absolute atomic E-state index is 14.0. The molecule has 10 nitrogen and oxygen atoms in total. The molecule has 3 aromatic rings. The molecule has 218 valence electrons. The van der Waals surface area contributed by atoms with E-state index in [1.54, 1.807) is 12.1 Å². The molecule has 2 aliphatic heterocycles. The summed E-state index contributed by atoms with van der Waals surface area (Å²) in [5.41, 5.74) is 0.496. The Balaban J connectivity index is 1.46. The van der Waals surface area contributed by atoms with Crippen molar-refractivity contribution in [2.24, 2.45) is 0 Å². The van der Waals surface area contributed by atoms with Gasteiger partial charge in [-0.15, -0.1) is 11.8 Å². The van der Waals surface area contributed by atoms with Gasteiger partial charge in [0.15, 0.2) is 11.6 Å². The smallest absolute Gasteiger partial charge is 0.356 e. The van der Waals surface area contributed by atoms with Crippen LogP contribution in [0.15, 0.2) is 94.7 Å². The van der Waals surface area contributed by atoms with Crippen LogP contribution in [0.25, 0.3) is 0 Å². The van der Waals surface area contributed by atoms with Crippen LogP contribution in [0, 0.1) is 0 Å². The number of furan rings is 1. The van der Waals surface area contributed by atoms with Gasteiger partial charge in [-0.2, -0.15) is 0 Å². The molecule has 0 radical (unpaired) electrons. The average molecular weight is 591 g/mol. The van der Waals surface area contributed by atoms with Gasteiger partial charge in [-0.05, 0) is 23.3 Å². The van der Waals surface area contributed by atoms with Crippen LogP contribution in [-0.2, 0) is 39.8 Å². The molecule has 0 bridgehead atoms. The number of carbonyl (C=O) groups excluding carboxylic acids is 4. The first kappa shape index (κ1) is 29.2. The third-order valence-electron chi connectivity index (χ3n) is 6.97. The fraction of sp³-hybridized carbons (Fsp3) is 0.290. The Morgan fingerprint density at radius 1 is 1.05 bits per heavy atom. The average Bonchev–Trinajstić information content (AvgIpc) is 3.51. The molecule has 1 saturated heterocycles. The summed E-state index contributed by atoms with van der Waals surface area (Å²) in [6, 6.07) is 21.9.